The van der Waals surface area contributed by atoms with E-state index in [0.29, 0.717) is 11.6 Å². The first-order valence-corrected chi connectivity index (χ1v) is 8.01. The van der Waals surface area contributed by atoms with Crippen molar-refractivity contribution in [2.45, 2.75) is 43.9 Å². The number of nitrogens with zero attached hydrogens (tertiary/aromatic N) is 2. The van der Waals surface area contributed by atoms with E-state index in [1.807, 2.05) is 36.2 Å². The summed E-state index contributed by atoms with van der Waals surface area (Å²) in [5.74, 6) is 0.835. The molecule has 2 aliphatic heterocycles. The van der Waals surface area contributed by atoms with Crippen LogP contribution in [0, 0.1) is 0 Å². The van der Waals surface area contributed by atoms with E-state index in [1.165, 1.54) is 25.7 Å². The van der Waals surface area contributed by atoms with Crippen LogP contribution in [-0.2, 0) is 0 Å². The minimum Gasteiger partial charge on any atom is -0.486 e. The first-order valence-electron chi connectivity index (χ1n) is 8.01. The van der Waals surface area contributed by atoms with Gasteiger partial charge in [-0.2, -0.15) is 0 Å². The van der Waals surface area contributed by atoms with Crippen molar-refractivity contribution >= 4 is 5.91 Å². The summed E-state index contributed by atoms with van der Waals surface area (Å²) in [6, 6.07) is 8.49. The molecule has 0 N–H and O–H groups in total. The van der Waals surface area contributed by atoms with E-state index in [4.69, 9.17) is 4.74 Å². The highest BCUT2D eigenvalue weighted by Gasteiger charge is 2.44. The largest absolute Gasteiger partial charge is 0.486 e. The zero-order valence-electron chi connectivity index (χ0n) is 12.5. The van der Waals surface area contributed by atoms with Gasteiger partial charge in [0.15, 0.2) is 0 Å². The first-order chi connectivity index (χ1) is 10.2. The minimum atomic E-state index is 0.0892. The lowest BCUT2D eigenvalue weighted by Gasteiger charge is -2.26. The van der Waals surface area contributed by atoms with Crippen LogP contribution in [0.4, 0.5) is 0 Å². The van der Waals surface area contributed by atoms with E-state index in [9.17, 15) is 4.79 Å². The summed E-state index contributed by atoms with van der Waals surface area (Å²) in [7, 11) is 1.92. The highest BCUT2D eigenvalue weighted by Crippen LogP contribution is 2.33. The van der Waals surface area contributed by atoms with Crippen LogP contribution in [-0.4, -0.2) is 54.0 Å². The number of hydrogen-bond acceptors (Lipinski definition) is 3. The van der Waals surface area contributed by atoms with Gasteiger partial charge in [0, 0.05) is 26.2 Å². The van der Waals surface area contributed by atoms with Crippen molar-refractivity contribution in [2.75, 3.05) is 20.1 Å². The molecule has 0 aromatic heterocycles. The number of ether oxygens (including phenoxy) is 1. The second-order valence-corrected chi connectivity index (χ2v) is 6.53. The molecule has 0 unspecified atom stereocenters. The molecule has 2 atom stereocenters. The summed E-state index contributed by atoms with van der Waals surface area (Å²) in [6.07, 6.45) is 5.38. The van der Waals surface area contributed by atoms with Crippen LogP contribution in [0.2, 0.25) is 0 Å². The second kappa shape index (κ2) is 5.02. The summed E-state index contributed by atoms with van der Waals surface area (Å²) < 4.78 is 6.21. The van der Waals surface area contributed by atoms with Gasteiger partial charge in [0.1, 0.15) is 11.9 Å². The predicted octanol–water partition coefficient (Wildman–Crippen LogP) is 2.15. The Morgan fingerprint density at radius 3 is 2.71 bits per heavy atom. The zero-order chi connectivity index (χ0) is 14.4. The highest BCUT2D eigenvalue weighted by molar-refractivity contribution is 5.97. The third-order valence-corrected chi connectivity index (χ3v) is 5.32. The molecule has 1 aliphatic carbocycles. The van der Waals surface area contributed by atoms with Gasteiger partial charge in [0.25, 0.3) is 5.91 Å². The van der Waals surface area contributed by atoms with Gasteiger partial charge in [-0.3, -0.25) is 9.69 Å². The average molecular weight is 286 g/mol. The molecule has 0 radical (unpaired) electrons. The zero-order valence-corrected chi connectivity index (χ0v) is 12.5. The Hall–Kier alpha value is -1.55. The molecule has 0 spiro atoms. The van der Waals surface area contributed by atoms with Crippen molar-refractivity contribution in [3.8, 4) is 5.75 Å². The summed E-state index contributed by atoms with van der Waals surface area (Å²) in [5, 5.41) is 0. The topological polar surface area (TPSA) is 32.8 Å². The van der Waals surface area contributed by atoms with Crippen LogP contribution in [0.15, 0.2) is 24.3 Å². The number of carbonyl (C=O) groups excluding carboxylic acids is 1. The molecular formula is C17H22N2O2. The number of para-hydroxylation sites is 1. The monoisotopic (exact) mass is 286 g/mol. The fourth-order valence-corrected chi connectivity index (χ4v) is 4.09. The Labute approximate surface area is 125 Å². The third kappa shape index (κ3) is 2.13. The van der Waals surface area contributed by atoms with Crippen LogP contribution in [0.3, 0.4) is 0 Å². The fraction of sp³-hybridized carbons (Fsp3) is 0.588. The molecule has 4 nitrogen and oxygen atoms in total. The van der Waals surface area contributed by atoms with Crippen molar-refractivity contribution in [3.63, 3.8) is 0 Å². The Bertz CT molecular complexity index is 553. The van der Waals surface area contributed by atoms with Gasteiger partial charge in [-0.05, 0) is 25.0 Å². The van der Waals surface area contributed by atoms with E-state index < -0.39 is 0 Å². The smallest absolute Gasteiger partial charge is 0.257 e. The van der Waals surface area contributed by atoms with Gasteiger partial charge < -0.3 is 9.64 Å². The molecule has 0 bridgehead atoms. The maximum atomic E-state index is 12.6. The molecule has 2 fully saturated rings. The Morgan fingerprint density at radius 1 is 1.14 bits per heavy atom. The number of fused-ring (bicyclic) bond motifs is 2. The molecule has 1 aromatic rings. The van der Waals surface area contributed by atoms with E-state index in [-0.39, 0.29) is 18.1 Å². The van der Waals surface area contributed by atoms with Crippen molar-refractivity contribution < 1.29 is 9.53 Å². The number of carbonyl (C=O) groups is 1. The van der Waals surface area contributed by atoms with Crippen molar-refractivity contribution in [1.29, 1.82) is 0 Å². The molecule has 1 aromatic carbocycles. The fourth-order valence-electron chi connectivity index (χ4n) is 4.09. The van der Waals surface area contributed by atoms with E-state index in [1.54, 1.807) is 0 Å². The summed E-state index contributed by atoms with van der Waals surface area (Å²) in [4.78, 5) is 17.1. The number of hydrogen-bond donors (Lipinski definition) is 0. The predicted molar refractivity (Wildman–Crippen MR) is 80.6 cm³/mol. The molecule has 21 heavy (non-hydrogen) atoms. The molecule has 3 aliphatic rings. The lowest BCUT2D eigenvalue weighted by molar-refractivity contribution is 0.0681. The van der Waals surface area contributed by atoms with Gasteiger partial charge >= 0.3 is 0 Å². The van der Waals surface area contributed by atoms with Crippen LogP contribution in [0.5, 0.6) is 5.75 Å². The van der Waals surface area contributed by atoms with E-state index >= 15 is 0 Å². The molecular weight excluding hydrogens is 264 g/mol. The lowest BCUT2D eigenvalue weighted by Crippen LogP contribution is -2.44. The summed E-state index contributed by atoms with van der Waals surface area (Å²) >= 11 is 0. The lowest BCUT2D eigenvalue weighted by atomic mass is 10.1. The molecule has 4 heteroatoms. The highest BCUT2D eigenvalue weighted by atomic mass is 16.5. The van der Waals surface area contributed by atoms with Crippen LogP contribution in [0.25, 0.3) is 0 Å². The molecule has 1 amide bonds. The Morgan fingerprint density at radius 2 is 1.90 bits per heavy atom. The molecule has 112 valence electrons. The summed E-state index contributed by atoms with van der Waals surface area (Å²) in [5.41, 5.74) is 0.696. The van der Waals surface area contributed by atoms with Crippen molar-refractivity contribution in [2.24, 2.45) is 0 Å². The Balaban J connectivity index is 1.62. The van der Waals surface area contributed by atoms with Crippen LogP contribution >= 0.6 is 0 Å². The van der Waals surface area contributed by atoms with Crippen LogP contribution < -0.4 is 4.74 Å². The maximum Gasteiger partial charge on any atom is 0.257 e. The Kier molecular flexibility index (Phi) is 3.14. The normalized spacial score (nSPS) is 30.0. The summed E-state index contributed by atoms with van der Waals surface area (Å²) in [6.45, 7) is 1.90. The van der Waals surface area contributed by atoms with Crippen molar-refractivity contribution in [1.82, 2.24) is 9.80 Å². The third-order valence-electron chi connectivity index (χ3n) is 5.32. The molecule has 2 heterocycles. The second-order valence-electron chi connectivity index (χ2n) is 6.53. The standard InChI is InChI=1S/C17H22N2O2/c1-18-14-10-19(12-6-2-3-7-12)11-16(14)21-15-9-5-4-8-13(15)17(18)20/h4-5,8-9,12,14,16H,2-3,6-7,10-11H2,1H3/t14-,16+/m1/s1. The SMILES string of the molecule is CN1C(=O)c2ccccc2O[C@H]2CN(C3CCCC3)C[C@H]21. The van der Waals surface area contributed by atoms with E-state index in [2.05, 4.69) is 4.90 Å². The van der Waals surface area contributed by atoms with Gasteiger partial charge in [-0.25, -0.2) is 0 Å². The van der Waals surface area contributed by atoms with Crippen molar-refractivity contribution in [3.05, 3.63) is 29.8 Å². The number of amides is 1. The van der Waals surface area contributed by atoms with Gasteiger partial charge in [0.2, 0.25) is 0 Å². The maximum absolute atomic E-state index is 12.6. The molecule has 1 saturated heterocycles. The average Bonchev–Trinajstić information content (AvgIpc) is 3.13. The van der Waals surface area contributed by atoms with Gasteiger partial charge in [0.05, 0.1) is 11.6 Å². The quantitative estimate of drug-likeness (QED) is 0.793. The first kappa shape index (κ1) is 13.1. The van der Waals surface area contributed by atoms with E-state index in [0.717, 1.165) is 18.8 Å². The van der Waals surface area contributed by atoms with Gasteiger partial charge in [-0.1, -0.05) is 25.0 Å². The minimum absolute atomic E-state index is 0.0892. The van der Waals surface area contributed by atoms with Crippen LogP contribution in [0.1, 0.15) is 36.0 Å². The number of likely N-dealkylation sites (N-methyl/N-ethyl adjacent to an activating group) is 1. The molecule has 4 rings (SSSR count). The van der Waals surface area contributed by atoms with Gasteiger partial charge in [-0.15, -0.1) is 0 Å². The molecule has 1 saturated carbocycles. The number of benzene rings is 1. The number of likely N-dealkylation sites (tertiary alicyclic amines) is 1. The number of rotatable bonds is 1.